The number of cyclic esters (lactones) is 1. The number of hydrogen-bond acceptors (Lipinski definition) is 5. The molecular formula is C22H19N3O3S. The van der Waals surface area contributed by atoms with Crippen LogP contribution >= 0.6 is 11.3 Å². The van der Waals surface area contributed by atoms with Crippen molar-refractivity contribution in [1.29, 1.82) is 0 Å². The molecule has 0 N–H and O–H groups in total. The summed E-state index contributed by atoms with van der Waals surface area (Å²) in [6, 6.07) is 16.4. The van der Waals surface area contributed by atoms with Crippen molar-refractivity contribution >= 4 is 29.0 Å². The molecule has 2 amide bonds. The van der Waals surface area contributed by atoms with E-state index in [2.05, 4.69) is 23.2 Å². The number of benzene rings is 2. The number of hydrogen-bond donors (Lipinski definition) is 0. The molecule has 0 aliphatic carbocycles. The van der Waals surface area contributed by atoms with Gasteiger partial charge in [0.2, 0.25) is 0 Å². The molecule has 2 aliphatic heterocycles. The summed E-state index contributed by atoms with van der Waals surface area (Å²) in [5.41, 5.74) is 4.48. The minimum atomic E-state index is -0.312. The summed E-state index contributed by atoms with van der Waals surface area (Å²) in [5.74, 6) is -0.0887. The monoisotopic (exact) mass is 405 g/mol. The van der Waals surface area contributed by atoms with E-state index in [1.165, 1.54) is 22.5 Å². The molecule has 1 aromatic heterocycles. The average Bonchev–Trinajstić information content (AvgIpc) is 3.49. The van der Waals surface area contributed by atoms with Gasteiger partial charge in [0, 0.05) is 23.3 Å². The predicted octanol–water partition coefficient (Wildman–Crippen LogP) is 3.97. The Labute approximate surface area is 172 Å². The van der Waals surface area contributed by atoms with Gasteiger partial charge < -0.3 is 9.64 Å². The summed E-state index contributed by atoms with van der Waals surface area (Å²) in [5, 5.41) is 0.450. The van der Waals surface area contributed by atoms with Crippen LogP contribution in [0.15, 0.2) is 54.7 Å². The number of carbonyl (C=O) groups excluding carboxylic acids is 2. The molecule has 0 bridgehead atoms. The van der Waals surface area contributed by atoms with Gasteiger partial charge in [-0.3, -0.25) is 9.69 Å². The second-order valence-electron chi connectivity index (χ2n) is 7.04. The molecule has 29 heavy (non-hydrogen) atoms. The third kappa shape index (κ3) is 3.27. The highest BCUT2D eigenvalue weighted by Gasteiger charge is 2.30. The number of nitrogens with zero attached hydrogens (tertiary/aromatic N) is 3. The maximum atomic E-state index is 13.1. The zero-order valence-corrected chi connectivity index (χ0v) is 16.5. The van der Waals surface area contributed by atoms with E-state index in [1.807, 2.05) is 35.2 Å². The molecule has 2 aliphatic rings. The Morgan fingerprint density at radius 3 is 2.76 bits per heavy atom. The first-order valence-corrected chi connectivity index (χ1v) is 10.4. The number of carbonyl (C=O) groups is 2. The van der Waals surface area contributed by atoms with Crippen molar-refractivity contribution < 1.29 is 14.3 Å². The first-order valence-electron chi connectivity index (χ1n) is 9.56. The van der Waals surface area contributed by atoms with E-state index >= 15 is 0 Å². The Kier molecular flexibility index (Phi) is 4.52. The van der Waals surface area contributed by atoms with Crippen LogP contribution in [0.25, 0.3) is 11.1 Å². The minimum absolute atomic E-state index is 0.0887. The summed E-state index contributed by atoms with van der Waals surface area (Å²) in [7, 11) is 0. The number of amides is 2. The predicted molar refractivity (Wildman–Crippen MR) is 111 cm³/mol. The number of fused-ring (bicyclic) bond motifs is 1. The fourth-order valence-electron chi connectivity index (χ4n) is 3.89. The fourth-order valence-corrected chi connectivity index (χ4v) is 4.76. The van der Waals surface area contributed by atoms with E-state index < -0.39 is 0 Å². The maximum Gasteiger partial charge on any atom is 0.410 e. The molecule has 0 saturated carbocycles. The molecule has 3 aromatic rings. The number of rotatable bonds is 4. The Hall–Kier alpha value is -3.19. The number of aromatic nitrogens is 1. The van der Waals surface area contributed by atoms with Gasteiger partial charge in [0.25, 0.3) is 5.91 Å². The van der Waals surface area contributed by atoms with Crippen LogP contribution in [-0.2, 0) is 17.7 Å². The Balaban J connectivity index is 1.39. The highest BCUT2D eigenvalue weighted by molar-refractivity contribution is 7.13. The standard InChI is InChI=1S/C22H19N3O3S/c26-21(20-23-13-16(29-20)14-24-11-12-28-22(24)27)25-10-9-18-17(7-4-8-19(18)25)15-5-2-1-3-6-15/h1-8,13H,9-12,14H2. The largest absolute Gasteiger partial charge is 0.448 e. The molecule has 0 radical (unpaired) electrons. The third-order valence-corrected chi connectivity index (χ3v) is 6.26. The minimum Gasteiger partial charge on any atom is -0.448 e. The molecule has 3 heterocycles. The van der Waals surface area contributed by atoms with Crippen LogP contribution in [0.5, 0.6) is 0 Å². The van der Waals surface area contributed by atoms with Gasteiger partial charge in [-0.1, -0.05) is 42.5 Å². The van der Waals surface area contributed by atoms with Crippen molar-refractivity contribution in [3.63, 3.8) is 0 Å². The van der Waals surface area contributed by atoms with E-state index in [4.69, 9.17) is 4.74 Å². The second kappa shape index (κ2) is 7.33. The Morgan fingerprint density at radius 1 is 1.10 bits per heavy atom. The van der Waals surface area contributed by atoms with Crippen LogP contribution in [-0.4, -0.2) is 41.6 Å². The quantitative estimate of drug-likeness (QED) is 0.659. The first-order chi connectivity index (χ1) is 14.2. The fraction of sp³-hybridized carbons (Fsp3) is 0.227. The molecular weight excluding hydrogens is 386 g/mol. The van der Waals surface area contributed by atoms with Crippen LogP contribution in [0.3, 0.4) is 0 Å². The van der Waals surface area contributed by atoms with Crippen LogP contribution < -0.4 is 4.90 Å². The van der Waals surface area contributed by atoms with Crippen molar-refractivity contribution in [1.82, 2.24) is 9.88 Å². The lowest BCUT2D eigenvalue weighted by Gasteiger charge is -2.16. The van der Waals surface area contributed by atoms with Gasteiger partial charge in [-0.15, -0.1) is 11.3 Å². The van der Waals surface area contributed by atoms with E-state index in [0.717, 1.165) is 22.5 Å². The lowest BCUT2D eigenvalue weighted by Crippen LogP contribution is -2.28. The van der Waals surface area contributed by atoms with E-state index in [0.29, 0.717) is 31.2 Å². The van der Waals surface area contributed by atoms with Gasteiger partial charge in [-0.05, 0) is 29.2 Å². The highest BCUT2D eigenvalue weighted by atomic mass is 32.1. The van der Waals surface area contributed by atoms with Gasteiger partial charge >= 0.3 is 6.09 Å². The SMILES string of the molecule is O=C1OCCN1Cc1cnc(C(=O)N2CCc3c(-c4ccccc4)cccc32)s1. The first kappa shape index (κ1) is 17.9. The van der Waals surface area contributed by atoms with Crippen LogP contribution in [0, 0.1) is 0 Å². The average molecular weight is 405 g/mol. The molecule has 5 rings (SSSR count). The summed E-state index contributed by atoms with van der Waals surface area (Å²) in [6.45, 7) is 2.06. The molecule has 7 heteroatoms. The van der Waals surface area contributed by atoms with Crippen molar-refractivity contribution in [2.45, 2.75) is 13.0 Å². The molecule has 1 saturated heterocycles. The van der Waals surface area contributed by atoms with Gasteiger partial charge in [0.1, 0.15) is 6.61 Å². The molecule has 0 spiro atoms. The van der Waals surface area contributed by atoms with E-state index in [-0.39, 0.29) is 12.0 Å². The molecule has 0 unspecified atom stereocenters. The molecule has 6 nitrogen and oxygen atoms in total. The topological polar surface area (TPSA) is 62.7 Å². The number of ether oxygens (including phenoxy) is 1. The Morgan fingerprint density at radius 2 is 1.97 bits per heavy atom. The smallest absolute Gasteiger partial charge is 0.410 e. The van der Waals surface area contributed by atoms with Crippen molar-refractivity contribution in [2.24, 2.45) is 0 Å². The van der Waals surface area contributed by atoms with E-state index in [1.54, 1.807) is 11.1 Å². The zero-order chi connectivity index (χ0) is 19.8. The summed E-state index contributed by atoms with van der Waals surface area (Å²) in [6.07, 6.45) is 2.19. The van der Waals surface area contributed by atoms with Crippen LogP contribution in [0.1, 0.15) is 20.2 Å². The highest BCUT2D eigenvalue weighted by Crippen LogP contribution is 2.37. The summed E-state index contributed by atoms with van der Waals surface area (Å²) in [4.78, 5) is 33.4. The number of anilines is 1. The molecule has 1 fully saturated rings. The van der Waals surface area contributed by atoms with Crippen molar-refractivity contribution in [3.8, 4) is 11.1 Å². The van der Waals surface area contributed by atoms with Gasteiger partial charge in [-0.2, -0.15) is 0 Å². The summed E-state index contributed by atoms with van der Waals surface area (Å²) >= 11 is 1.34. The van der Waals surface area contributed by atoms with Crippen LogP contribution in [0.4, 0.5) is 10.5 Å². The third-order valence-electron chi connectivity index (χ3n) is 5.29. The second-order valence-corrected chi connectivity index (χ2v) is 8.16. The zero-order valence-electron chi connectivity index (χ0n) is 15.7. The molecule has 2 aromatic carbocycles. The maximum absolute atomic E-state index is 13.1. The van der Waals surface area contributed by atoms with Crippen molar-refractivity contribution in [2.75, 3.05) is 24.6 Å². The summed E-state index contributed by atoms with van der Waals surface area (Å²) < 4.78 is 4.96. The normalized spacial score (nSPS) is 15.5. The van der Waals surface area contributed by atoms with Gasteiger partial charge in [0.15, 0.2) is 5.01 Å². The van der Waals surface area contributed by atoms with Crippen LogP contribution in [0.2, 0.25) is 0 Å². The molecule has 0 atom stereocenters. The van der Waals surface area contributed by atoms with E-state index in [9.17, 15) is 9.59 Å². The lowest BCUT2D eigenvalue weighted by molar-refractivity contribution is 0.0989. The van der Waals surface area contributed by atoms with Gasteiger partial charge in [-0.25, -0.2) is 9.78 Å². The lowest BCUT2D eigenvalue weighted by atomic mass is 9.98. The Bertz CT molecular complexity index is 1080. The number of thiazole rings is 1. The molecule has 146 valence electrons. The van der Waals surface area contributed by atoms with Gasteiger partial charge in [0.05, 0.1) is 13.1 Å². The van der Waals surface area contributed by atoms with Crippen molar-refractivity contribution in [3.05, 3.63) is 70.2 Å².